The molecule has 1 heterocycles. The maximum atomic E-state index is 11.5. The van der Waals surface area contributed by atoms with Crippen LogP contribution in [0.1, 0.15) is 31.9 Å². The van der Waals surface area contributed by atoms with Gasteiger partial charge in [0.05, 0.1) is 6.10 Å². The van der Waals surface area contributed by atoms with Crippen LogP contribution in [0.25, 0.3) is 0 Å². The lowest BCUT2D eigenvalue weighted by Crippen LogP contribution is -2.29. The van der Waals surface area contributed by atoms with E-state index in [4.69, 9.17) is 4.74 Å². The van der Waals surface area contributed by atoms with Gasteiger partial charge in [0.1, 0.15) is 5.75 Å². The molecule has 1 amide bonds. The average Bonchev–Trinajstić information content (AvgIpc) is 2.27. The van der Waals surface area contributed by atoms with Crippen LogP contribution in [-0.2, 0) is 4.79 Å². The maximum Gasteiger partial charge on any atom is 0.226 e. The number of rotatable bonds is 3. The summed E-state index contributed by atoms with van der Waals surface area (Å²) in [7, 11) is 1.86. The van der Waals surface area contributed by atoms with Gasteiger partial charge in [-0.1, -0.05) is 0 Å². The van der Waals surface area contributed by atoms with Gasteiger partial charge in [-0.15, -0.1) is 0 Å². The van der Waals surface area contributed by atoms with Crippen molar-refractivity contribution in [1.82, 2.24) is 5.32 Å². The van der Waals surface area contributed by atoms with Gasteiger partial charge in [-0.2, -0.15) is 0 Å². The largest absolute Gasteiger partial charge is 0.491 e. The summed E-state index contributed by atoms with van der Waals surface area (Å²) >= 11 is 0. The molecule has 0 saturated carbocycles. The number of ether oxygens (including phenoxy) is 1. The van der Waals surface area contributed by atoms with Crippen molar-refractivity contribution in [1.29, 1.82) is 0 Å². The fraction of sp³-hybridized carbons (Fsp3) is 0.462. The van der Waals surface area contributed by atoms with Crippen molar-refractivity contribution in [2.45, 2.75) is 32.4 Å². The lowest BCUT2D eigenvalue weighted by Gasteiger charge is -2.26. The molecule has 17 heavy (non-hydrogen) atoms. The van der Waals surface area contributed by atoms with Gasteiger partial charge in [-0.05, 0) is 44.7 Å². The zero-order valence-corrected chi connectivity index (χ0v) is 10.4. The second kappa shape index (κ2) is 4.75. The maximum absolute atomic E-state index is 11.5. The van der Waals surface area contributed by atoms with Crippen molar-refractivity contribution in [3.63, 3.8) is 0 Å². The molecule has 1 aliphatic rings. The number of hydrogen-bond donors (Lipinski definition) is 2. The number of nitrogens with one attached hydrogen (secondary N) is 2. The number of benzene rings is 1. The molecule has 4 nitrogen and oxygen atoms in total. The van der Waals surface area contributed by atoms with Crippen LogP contribution in [-0.4, -0.2) is 19.1 Å². The predicted molar refractivity (Wildman–Crippen MR) is 67.3 cm³/mol. The Kier molecular flexibility index (Phi) is 3.33. The van der Waals surface area contributed by atoms with Crippen molar-refractivity contribution < 1.29 is 9.53 Å². The Morgan fingerprint density at radius 2 is 2.24 bits per heavy atom. The normalized spacial score (nSPS) is 18.8. The molecule has 2 N–H and O–H groups in total. The topological polar surface area (TPSA) is 50.4 Å². The van der Waals surface area contributed by atoms with Crippen LogP contribution in [0.4, 0.5) is 5.69 Å². The molecule has 0 aromatic heterocycles. The zero-order chi connectivity index (χ0) is 12.4. The molecular formula is C13H18N2O2. The third-order valence-corrected chi connectivity index (χ3v) is 2.78. The summed E-state index contributed by atoms with van der Waals surface area (Å²) in [4.78, 5) is 11.5. The highest BCUT2D eigenvalue weighted by Crippen LogP contribution is 2.33. The van der Waals surface area contributed by atoms with Crippen molar-refractivity contribution >= 4 is 11.6 Å². The third kappa shape index (κ3) is 2.58. The van der Waals surface area contributed by atoms with Crippen LogP contribution in [0.5, 0.6) is 5.75 Å². The van der Waals surface area contributed by atoms with Crippen LogP contribution < -0.4 is 15.4 Å². The molecule has 1 aromatic carbocycles. The van der Waals surface area contributed by atoms with E-state index >= 15 is 0 Å². The number of carbonyl (C=O) groups is 1. The van der Waals surface area contributed by atoms with Crippen LogP contribution in [0, 0.1) is 0 Å². The molecule has 1 aliphatic heterocycles. The Balaban J connectivity index is 2.32. The predicted octanol–water partition coefficient (Wildman–Crippen LogP) is 2.08. The number of hydrogen-bond acceptors (Lipinski definition) is 3. The molecule has 0 radical (unpaired) electrons. The minimum absolute atomic E-state index is 0.0503. The molecule has 0 bridgehead atoms. The molecule has 0 aliphatic carbocycles. The lowest BCUT2D eigenvalue weighted by atomic mass is 9.97. The molecule has 0 spiro atoms. The van der Waals surface area contributed by atoms with Crippen LogP contribution in [0.3, 0.4) is 0 Å². The van der Waals surface area contributed by atoms with Crippen molar-refractivity contribution in [3.8, 4) is 5.75 Å². The van der Waals surface area contributed by atoms with E-state index < -0.39 is 0 Å². The van der Waals surface area contributed by atoms with Gasteiger partial charge in [0.25, 0.3) is 0 Å². The molecular weight excluding hydrogens is 216 g/mol. The standard InChI is InChI=1S/C13H18N2O2/c1-8(2)17-9-4-5-11-10(6-9)12(14-3)7-13(16)15-11/h4-6,8,12,14H,7H2,1-3H3,(H,15,16). The first-order chi connectivity index (χ1) is 8.10. The first-order valence-corrected chi connectivity index (χ1v) is 5.88. The van der Waals surface area contributed by atoms with Gasteiger partial charge in [0.2, 0.25) is 5.91 Å². The van der Waals surface area contributed by atoms with Gasteiger partial charge >= 0.3 is 0 Å². The summed E-state index contributed by atoms with van der Waals surface area (Å²) in [6.45, 7) is 3.99. The van der Waals surface area contributed by atoms with E-state index in [1.165, 1.54) is 0 Å². The van der Waals surface area contributed by atoms with E-state index in [1.807, 2.05) is 39.1 Å². The summed E-state index contributed by atoms with van der Waals surface area (Å²) in [5, 5.41) is 6.02. The van der Waals surface area contributed by atoms with Crippen molar-refractivity contribution in [2.75, 3.05) is 12.4 Å². The quantitative estimate of drug-likeness (QED) is 0.841. The molecule has 1 unspecified atom stereocenters. The number of carbonyl (C=O) groups excluding carboxylic acids is 1. The highest BCUT2D eigenvalue weighted by Gasteiger charge is 2.24. The van der Waals surface area contributed by atoms with Crippen molar-refractivity contribution in [3.05, 3.63) is 23.8 Å². The monoisotopic (exact) mass is 234 g/mol. The van der Waals surface area contributed by atoms with Crippen molar-refractivity contribution in [2.24, 2.45) is 0 Å². The molecule has 0 fully saturated rings. The Morgan fingerprint density at radius 3 is 2.88 bits per heavy atom. The number of fused-ring (bicyclic) bond motifs is 1. The van der Waals surface area contributed by atoms with E-state index in [9.17, 15) is 4.79 Å². The van der Waals surface area contributed by atoms with Gasteiger partial charge in [0, 0.05) is 18.2 Å². The third-order valence-electron chi connectivity index (χ3n) is 2.78. The van der Waals surface area contributed by atoms with Gasteiger partial charge in [-0.25, -0.2) is 0 Å². The molecule has 4 heteroatoms. The summed E-state index contributed by atoms with van der Waals surface area (Å²) in [5.74, 6) is 0.893. The van der Waals surface area contributed by atoms with Gasteiger partial charge in [0.15, 0.2) is 0 Å². The number of amides is 1. The summed E-state index contributed by atoms with van der Waals surface area (Å²) in [5.41, 5.74) is 1.96. The van der Waals surface area contributed by atoms with Crippen LogP contribution in [0.15, 0.2) is 18.2 Å². The average molecular weight is 234 g/mol. The smallest absolute Gasteiger partial charge is 0.226 e. The zero-order valence-electron chi connectivity index (χ0n) is 10.4. The Labute approximate surface area is 101 Å². The second-order valence-corrected chi connectivity index (χ2v) is 4.51. The van der Waals surface area contributed by atoms with E-state index in [2.05, 4.69) is 10.6 Å². The molecule has 1 atom stereocenters. The minimum Gasteiger partial charge on any atom is -0.491 e. The molecule has 0 saturated heterocycles. The highest BCUT2D eigenvalue weighted by molar-refractivity contribution is 5.94. The Hall–Kier alpha value is -1.55. The first-order valence-electron chi connectivity index (χ1n) is 5.88. The highest BCUT2D eigenvalue weighted by atomic mass is 16.5. The summed E-state index contributed by atoms with van der Waals surface area (Å²) in [6, 6.07) is 5.84. The summed E-state index contributed by atoms with van der Waals surface area (Å²) < 4.78 is 5.66. The molecule has 92 valence electrons. The minimum atomic E-state index is 0.0503. The molecule has 2 rings (SSSR count). The number of anilines is 1. The fourth-order valence-corrected chi connectivity index (χ4v) is 2.04. The van der Waals surface area contributed by atoms with E-state index in [0.717, 1.165) is 17.0 Å². The fourth-order valence-electron chi connectivity index (χ4n) is 2.04. The lowest BCUT2D eigenvalue weighted by molar-refractivity contribution is -0.117. The Morgan fingerprint density at radius 1 is 1.47 bits per heavy atom. The van der Waals surface area contributed by atoms with Gasteiger partial charge in [-0.3, -0.25) is 4.79 Å². The van der Waals surface area contributed by atoms with Crippen LogP contribution >= 0.6 is 0 Å². The van der Waals surface area contributed by atoms with Crippen LogP contribution in [0.2, 0.25) is 0 Å². The SMILES string of the molecule is CNC1CC(=O)Nc2ccc(OC(C)C)cc21. The molecule has 1 aromatic rings. The van der Waals surface area contributed by atoms with E-state index in [1.54, 1.807) is 0 Å². The first kappa shape index (κ1) is 11.9. The Bertz CT molecular complexity index is 429. The van der Waals surface area contributed by atoms with E-state index in [-0.39, 0.29) is 18.1 Å². The second-order valence-electron chi connectivity index (χ2n) is 4.51. The summed E-state index contributed by atoms with van der Waals surface area (Å²) in [6.07, 6.45) is 0.619. The van der Waals surface area contributed by atoms with Gasteiger partial charge < -0.3 is 15.4 Å². The van der Waals surface area contributed by atoms with E-state index in [0.29, 0.717) is 6.42 Å².